The zero-order chi connectivity index (χ0) is 7.56. The molecule has 0 aromatic heterocycles. The molecule has 0 radical (unpaired) electrons. The van der Waals surface area contributed by atoms with Gasteiger partial charge in [0.1, 0.15) is 6.29 Å². The molecule has 0 atom stereocenters. The maximum absolute atomic E-state index is 10.2. The summed E-state index contributed by atoms with van der Waals surface area (Å²) in [6.45, 7) is 0. The molecule has 1 aromatic rings. The molecule has 0 aliphatic carbocycles. The van der Waals surface area contributed by atoms with Crippen molar-refractivity contribution in [2.45, 2.75) is 0 Å². The van der Waals surface area contributed by atoms with Gasteiger partial charge in [-0.05, 0) is 18.2 Å². The maximum Gasteiger partial charge on any atom is 0.150 e. The van der Waals surface area contributed by atoms with Crippen molar-refractivity contribution in [2.24, 2.45) is 0 Å². The van der Waals surface area contributed by atoms with Gasteiger partial charge in [0.15, 0.2) is 0 Å². The molecule has 4 heteroatoms. The summed E-state index contributed by atoms with van der Waals surface area (Å²) in [7, 11) is 0. The van der Waals surface area contributed by atoms with Crippen LogP contribution in [0.3, 0.4) is 0 Å². The summed E-state index contributed by atoms with van der Waals surface area (Å²) < 4.78 is 0. The molecule has 11 heavy (non-hydrogen) atoms. The van der Waals surface area contributed by atoms with E-state index in [4.69, 9.17) is 11.5 Å². The molecule has 0 heterocycles. The van der Waals surface area contributed by atoms with E-state index in [1.807, 2.05) is 0 Å². The Balaban J connectivity index is 0.000001000. The molecule has 54 valence electrons. The first kappa shape index (κ1) is 10.1. The topological polar surface area (TPSA) is 69.1 Å². The average Bonchev–Trinajstić information content (AvgIpc) is 1.95. The van der Waals surface area contributed by atoms with Gasteiger partial charge in [-0.1, -0.05) is 0 Å². The van der Waals surface area contributed by atoms with Gasteiger partial charge in [-0.15, -0.1) is 0 Å². The zero-order valence-corrected chi connectivity index (χ0v) is 9.05. The standard InChI is InChI=1S/C7H8N2O.Zn/c8-6-2-1-5(4-10)3-7(6)9;/h1-4H,8-9H2;. The molecule has 3 nitrogen and oxygen atoms in total. The van der Waals surface area contributed by atoms with Gasteiger partial charge in [0.25, 0.3) is 0 Å². The van der Waals surface area contributed by atoms with Crippen molar-refractivity contribution in [1.82, 2.24) is 0 Å². The Morgan fingerprint density at radius 3 is 2.27 bits per heavy atom. The first-order valence-electron chi connectivity index (χ1n) is 2.84. The molecule has 0 aliphatic rings. The molecule has 0 saturated heterocycles. The number of benzene rings is 1. The molecule has 0 bridgehead atoms. The Morgan fingerprint density at radius 1 is 1.18 bits per heavy atom. The van der Waals surface area contributed by atoms with Gasteiger partial charge in [0.2, 0.25) is 0 Å². The summed E-state index contributed by atoms with van der Waals surface area (Å²) in [5.41, 5.74) is 12.3. The predicted molar refractivity (Wildman–Crippen MR) is 40.7 cm³/mol. The molecule has 0 amide bonds. The van der Waals surface area contributed by atoms with Crippen molar-refractivity contribution in [2.75, 3.05) is 11.5 Å². The van der Waals surface area contributed by atoms with Crippen molar-refractivity contribution in [1.29, 1.82) is 0 Å². The van der Waals surface area contributed by atoms with E-state index in [1.165, 1.54) is 0 Å². The van der Waals surface area contributed by atoms with Crippen LogP contribution in [0.1, 0.15) is 10.4 Å². The van der Waals surface area contributed by atoms with Gasteiger partial charge in [0, 0.05) is 25.0 Å². The van der Waals surface area contributed by atoms with Crippen molar-refractivity contribution in [3.05, 3.63) is 23.8 Å². The smallest absolute Gasteiger partial charge is 0.150 e. The first-order valence-corrected chi connectivity index (χ1v) is 2.84. The number of anilines is 2. The number of carbonyl (C=O) groups is 1. The molecule has 4 N–H and O–H groups in total. The van der Waals surface area contributed by atoms with Crippen LogP contribution in [0.5, 0.6) is 0 Å². The van der Waals surface area contributed by atoms with Crippen LogP contribution in [-0.2, 0) is 19.5 Å². The number of aldehydes is 1. The van der Waals surface area contributed by atoms with Crippen LogP contribution in [0, 0.1) is 0 Å². The van der Waals surface area contributed by atoms with Crippen LogP contribution >= 0.6 is 0 Å². The minimum absolute atomic E-state index is 0. The van der Waals surface area contributed by atoms with Gasteiger partial charge >= 0.3 is 0 Å². The second-order valence-corrected chi connectivity index (χ2v) is 2.01. The Labute approximate surface area is 77.5 Å². The Morgan fingerprint density at radius 2 is 1.82 bits per heavy atom. The van der Waals surface area contributed by atoms with Crippen molar-refractivity contribution < 1.29 is 24.3 Å². The molecular formula is C7H8N2OZn. The van der Waals surface area contributed by atoms with E-state index < -0.39 is 0 Å². The number of hydrogen-bond donors (Lipinski definition) is 2. The van der Waals surface area contributed by atoms with E-state index in [9.17, 15) is 4.79 Å². The number of nitrogens with two attached hydrogens (primary N) is 2. The van der Waals surface area contributed by atoms with Crippen molar-refractivity contribution in [3.8, 4) is 0 Å². The third kappa shape index (κ3) is 2.32. The summed E-state index contributed by atoms with van der Waals surface area (Å²) >= 11 is 0. The average molecular weight is 202 g/mol. The van der Waals surface area contributed by atoms with E-state index in [1.54, 1.807) is 18.2 Å². The minimum atomic E-state index is 0. The summed E-state index contributed by atoms with van der Waals surface area (Å²) in [5, 5.41) is 0. The van der Waals surface area contributed by atoms with Crippen LogP contribution in [-0.4, -0.2) is 6.29 Å². The molecule has 0 spiro atoms. The summed E-state index contributed by atoms with van der Waals surface area (Å²) in [5.74, 6) is 0. The van der Waals surface area contributed by atoms with Crippen LogP contribution in [0.4, 0.5) is 11.4 Å². The van der Waals surface area contributed by atoms with Crippen molar-refractivity contribution >= 4 is 17.7 Å². The third-order valence-corrected chi connectivity index (χ3v) is 1.25. The van der Waals surface area contributed by atoms with E-state index in [0.29, 0.717) is 16.9 Å². The zero-order valence-electron chi connectivity index (χ0n) is 6.08. The summed E-state index contributed by atoms with van der Waals surface area (Å²) in [6, 6.07) is 4.78. The normalized spacial score (nSPS) is 8.36. The van der Waals surface area contributed by atoms with Gasteiger partial charge in [-0.2, -0.15) is 0 Å². The minimum Gasteiger partial charge on any atom is -0.397 e. The second-order valence-electron chi connectivity index (χ2n) is 2.01. The Hall–Kier alpha value is -0.887. The van der Waals surface area contributed by atoms with E-state index in [0.717, 1.165) is 6.29 Å². The molecule has 1 rings (SSSR count). The Bertz CT molecular complexity index is 263. The fraction of sp³-hybridized carbons (Fsp3) is 0. The molecule has 0 fully saturated rings. The van der Waals surface area contributed by atoms with Gasteiger partial charge < -0.3 is 11.5 Å². The predicted octanol–water partition coefficient (Wildman–Crippen LogP) is 0.661. The van der Waals surface area contributed by atoms with E-state index in [-0.39, 0.29) is 19.5 Å². The molecule has 1 aromatic carbocycles. The fourth-order valence-corrected chi connectivity index (χ4v) is 0.667. The summed E-state index contributed by atoms with van der Waals surface area (Å²) in [6.07, 6.45) is 0.732. The third-order valence-electron chi connectivity index (χ3n) is 1.25. The number of carbonyl (C=O) groups excluding carboxylic acids is 1. The maximum atomic E-state index is 10.2. The molecule has 0 saturated carbocycles. The largest absolute Gasteiger partial charge is 0.397 e. The molecular weight excluding hydrogens is 193 g/mol. The fourth-order valence-electron chi connectivity index (χ4n) is 0.667. The molecule has 0 aliphatic heterocycles. The van der Waals surface area contributed by atoms with Crippen LogP contribution in [0.2, 0.25) is 0 Å². The number of hydrogen-bond acceptors (Lipinski definition) is 3. The molecule has 0 unspecified atom stereocenters. The van der Waals surface area contributed by atoms with Crippen LogP contribution < -0.4 is 11.5 Å². The van der Waals surface area contributed by atoms with Gasteiger partial charge in [-0.3, -0.25) is 4.79 Å². The van der Waals surface area contributed by atoms with Crippen LogP contribution in [0.25, 0.3) is 0 Å². The number of nitrogen functional groups attached to an aromatic ring is 2. The number of rotatable bonds is 1. The van der Waals surface area contributed by atoms with Crippen LogP contribution in [0.15, 0.2) is 18.2 Å². The SMILES string of the molecule is Nc1ccc(C=O)cc1N.[Zn]. The van der Waals surface area contributed by atoms with E-state index in [2.05, 4.69) is 0 Å². The van der Waals surface area contributed by atoms with Gasteiger partial charge in [-0.25, -0.2) is 0 Å². The van der Waals surface area contributed by atoms with E-state index >= 15 is 0 Å². The Kier molecular flexibility index (Phi) is 3.76. The van der Waals surface area contributed by atoms with Crippen molar-refractivity contribution in [3.63, 3.8) is 0 Å². The quantitative estimate of drug-likeness (QED) is 0.398. The summed E-state index contributed by atoms with van der Waals surface area (Å²) in [4.78, 5) is 10.2. The van der Waals surface area contributed by atoms with Gasteiger partial charge in [0.05, 0.1) is 11.4 Å². The first-order chi connectivity index (χ1) is 4.74. The second kappa shape index (κ2) is 4.09. The monoisotopic (exact) mass is 200 g/mol.